The topological polar surface area (TPSA) is 142 Å². The van der Waals surface area contributed by atoms with Crippen molar-refractivity contribution in [2.24, 2.45) is 0 Å². The second-order valence-electron chi connectivity index (χ2n) is 12.9. The lowest BCUT2D eigenvalue weighted by Gasteiger charge is -2.29. The van der Waals surface area contributed by atoms with Gasteiger partial charge < -0.3 is 39.5 Å². The molecule has 49 heavy (non-hydrogen) atoms. The van der Waals surface area contributed by atoms with Gasteiger partial charge in [0.15, 0.2) is 5.82 Å². The van der Waals surface area contributed by atoms with Crippen LogP contribution in [0.15, 0.2) is 91.4 Å². The van der Waals surface area contributed by atoms with E-state index in [1.165, 1.54) is 13.8 Å². The monoisotopic (exact) mass is 671 g/mol. The average molecular weight is 672 g/mol. The molecule has 3 amide bonds. The highest BCUT2D eigenvalue weighted by Crippen LogP contribution is 2.30. The van der Waals surface area contributed by atoms with Crippen LogP contribution in [0.1, 0.15) is 57.4 Å². The van der Waals surface area contributed by atoms with Crippen LogP contribution < -0.4 is 25.4 Å². The zero-order valence-electron chi connectivity index (χ0n) is 29.0. The molecule has 0 saturated heterocycles. The van der Waals surface area contributed by atoms with E-state index in [1.807, 2.05) is 83.4 Å². The van der Waals surface area contributed by atoms with Gasteiger partial charge in [0.1, 0.15) is 28.7 Å². The molecule has 12 heteroatoms. The molecular formula is C37H45N5O7. The third-order valence-electron chi connectivity index (χ3n) is 7.41. The van der Waals surface area contributed by atoms with Crippen molar-refractivity contribution in [3.63, 3.8) is 0 Å². The van der Waals surface area contributed by atoms with E-state index in [1.54, 1.807) is 47.5 Å². The van der Waals surface area contributed by atoms with Crippen LogP contribution in [-0.4, -0.2) is 65.5 Å². The van der Waals surface area contributed by atoms with Gasteiger partial charge in [-0.15, -0.1) is 0 Å². The predicted molar refractivity (Wildman–Crippen MR) is 186 cm³/mol. The minimum Gasteiger partial charge on any atom is -0.497 e. The van der Waals surface area contributed by atoms with Gasteiger partial charge in [-0.2, -0.15) is 0 Å². The van der Waals surface area contributed by atoms with E-state index in [-0.39, 0.29) is 25.1 Å². The van der Waals surface area contributed by atoms with Gasteiger partial charge in [0.25, 0.3) is 5.91 Å². The van der Waals surface area contributed by atoms with Crippen LogP contribution in [0.25, 0.3) is 0 Å². The third-order valence-corrected chi connectivity index (χ3v) is 7.41. The van der Waals surface area contributed by atoms with Gasteiger partial charge in [-0.1, -0.05) is 54.6 Å². The highest BCUT2D eigenvalue weighted by atomic mass is 16.6. The molecule has 0 spiro atoms. The van der Waals surface area contributed by atoms with Crippen molar-refractivity contribution >= 4 is 23.7 Å². The first-order valence-electron chi connectivity index (χ1n) is 15.8. The van der Waals surface area contributed by atoms with E-state index in [0.29, 0.717) is 0 Å². The van der Waals surface area contributed by atoms with E-state index in [9.17, 15) is 14.4 Å². The van der Waals surface area contributed by atoms with Crippen molar-refractivity contribution in [1.29, 1.82) is 0 Å². The molecule has 0 aliphatic heterocycles. The number of nitrogens with zero attached hydrogens (tertiary/aromatic N) is 2. The summed E-state index contributed by atoms with van der Waals surface area (Å²) in [5.74, 6) is 0.563. The molecule has 4 aromatic rings. The van der Waals surface area contributed by atoms with Crippen LogP contribution in [0.4, 0.5) is 10.6 Å². The number of nitrogens with one attached hydrogen (secondary N) is 3. The Morgan fingerprint density at radius 3 is 1.92 bits per heavy atom. The number of rotatable bonds is 14. The molecule has 12 nitrogen and oxygen atoms in total. The molecule has 1 aromatic heterocycles. The molecule has 1 atom stereocenters. The number of ether oxygens (including phenoxy) is 4. The molecular weight excluding hydrogens is 626 g/mol. The molecule has 0 unspecified atom stereocenters. The summed E-state index contributed by atoms with van der Waals surface area (Å²) in [6.45, 7) is 8.29. The molecule has 0 aliphatic carbocycles. The smallest absolute Gasteiger partial charge is 0.408 e. The van der Waals surface area contributed by atoms with Gasteiger partial charge in [-0.05, 0) is 75.6 Å². The largest absolute Gasteiger partial charge is 0.497 e. The van der Waals surface area contributed by atoms with E-state index in [2.05, 4.69) is 20.9 Å². The molecule has 0 bridgehead atoms. The fraction of sp³-hybridized carbons (Fsp3) is 0.351. The minimum absolute atomic E-state index is 0.143. The van der Waals surface area contributed by atoms with Crippen molar-refractivity contribution in [2.45, 2.75) is 64.4 Å². The fourth-order valence-electron chi connectivity index (χ4n) is 4.87. The van der Waals surface area contributed by atoms with Gasteiger partial charge in [0.2, 0.25) is 5.91 Å². The number of amides is 3. The average Bonchev–Trinajstić information content (AvgIpc) is 3.51. The number of anilines is 1. The predicted octanol–water partition coefficient (Wildman–Crippen LogP) is 5.48. The summed E-state index contributed by atoms with van der Waals surface area (Å²) in [7, 11) is 3.23. The zero-order valence-corrected chi connectivity index (χ0v) is 29.0. The molecule has 260 valence electrons. The number of benzene rings is 3. The molecule has 0 aliphatic rings. The Labute approximate surface area is 287 Å². The number of methoxy groups -OCH3 is 2. The third kappa shape index (κ3) is 10.6. The number of aromatic nitrogens is 2. The van der Waals surface area contributed by atoms with E-state index >= 15 is 0 Å². The second kappa shape index (κ2) is 16.2. The van der Waals surface area contributed by atoms with Crippen LogP contribution in [0.3, 0.4) is 0 Å². The van der Waals surface area contributed by atoms with E-state index in [0.717, 1.165) is 28.2 Å². The van der Waals surface area contributed by atoms with Crippen molar-refractivity contribution in [2.75, 3.05) is 26.1 Å². The lowest BCUT2D eigenvalue weighted by molar-refractivity contribution is -0.131. The Morgan fingerprint density at radius 1 is 0.816 bits per heavy atom. The van der Waals surface area contributed by atoms with Crippen molar-refractivity contribution in [1.82, 2.24) is 20.2 Å². The summed E-state index contributed by atoms with van der Waals surface area (Å²) in [5.41, 5.74) is 0.655. The Morgan fingerprint density at radius 2 is 1.39 bits per heavy atom. The van der Waals surface area contributed by atoms with Gasteiger partial charge in [0, 0.05) is 6.20 Å². The summed E-state index contributed by atoms with van der Waals surface area (Å²) in [5, 5.41) is 8.12. The summed E-state index contributed by atoms with van der Waals surface area (Å²) in [6, 6.07) is 23.4. The Hall–Kier alpha value is -5.36. The second-order valence-corrected chi connectivity index (χ2v) is 12.9. The number of carbonyl (C=O) groups excluding carboxylic acids is 3. The lowest BCUT2D eigenvalue weighted by atomic mass is 9.98. The van der Waals surface area contributed by atoms with Crippen molar-refractivity contribution in [3.8, 4) is 11.5 Å². The first-order valence-corrected chi connectivity index (χ1v) is 15.8. The molecule has 0 fully saturated rings. The van der Waals surface area contributed by atoms with Crippen LogP contribution in [0.2, 0.25) is 0 Å². The first-order chi connectivity index (χ1) is 23.3. The Kier molecular flexibility index (Phi) is 12.0. The maximum absolute atomic E-state index is 13.7. The molecule has 4 rings (SSSR count). The number of hydrogen-bond donors (Lipinski definition) is 3. The van der Waals surface area contributed by atoms with Crippen molar-refractivity contribution < 1.29 is 33.3 Å². The highest BCUT2D eigenvalue weighted by Gasteiger charge is 2.34. The van der Waals surface area contributed by atoms with Crippen molar-refractivity contribution in [3.05, 3.63) is 108 Å². The lowest BCUT2D eigenvalue weighted by Crippen LogP contribution is -2.59. The molecule has 1 heterocycles. The summed E-state index contributed by atoms with van der Waals surface area (Å²) in [4.78, 5) is 44.0. The minimum atomic E-state index is -1.41. The summed E-state index contributed by atoms with van der Waals surface area (Å²) >= 11 is 0. The summed E-state index contributed by atoms with van der Waals surface area (Å²) < 4.78 is 23.8. The molecule has 0 radical (unpaired) electrons. The number of carbonyl (C=O) groups is 3. The quantitative estimate of drug-likeness (QED) is 0.160. The van der Waals surface area contributed by atoms with E-state index < -0.39 is 35.1 Å². The zero-order chi connectivity index (χ0) is 35.6. The number of imidazole rings is 1. The van der Waals surface area contributed by atoms with Gasteiger partial charge in [-0.25, -0.2) is 9.78 Å². The SMILES string of the molecule is COc1ccc(C(c2ccc(OC)cc2)n2cnc(NC(=O)[C@@H](COCc3ccccc3)NC(=O)C(C)(C)NC(=O)OC(C)(C)C)c2)cc1. The van der Waals surface area contributed by atoms with E-state index in [4.69, 9.17) is 18.9 Å². The van der Waals surface area contributed by atoms with Crippen LogP contribution >= 0.6 is 0 Å². The Balaban J connectivity index is 1.54. The van der Waals surface area contributed by atoms with Crippen LogP contribution in [-0.2, 0) is 25.7 Å². The Bertz CT molecular complexity index is 1630. The molecule has 0 saturated carbocycles. The molecule has 3 aromatic carbocycles. The van der Waals surface area contributed by atoms with Crippen LogP contribution in [0.5, 0.6) is 11.5 Å². The normalized spacial score (nSPS) is 12.2. The number of alkyl carbamates (subject to hydrolysis) is 1. The fourth-order valence-corrected chi connectivity index (χ4v) is 4.87. The molecule has 3 N–H and O–H groups in total. The standard InChI is InChI=1S/C37H45N5O7/c1-36(2,3)49-35(45)41-37(4,5)34(44)39-30(23-48-22-25-11-9-8-10-12-25)33(43)40-31-21-42(24-38-31)32(26-13-17-28(46-6)18-14-26)27-15-19-29(47-7)20-16-27/h8-21,24,30,32H,22-23H2,1-7H3,(H,39,44)(H,40,43)(H,41,45)/t30-/m1/s1. The highest BCUT2D eigenvalue weighted by molar-refractivity contribution is 5.98. The van der Waals surface area contributed by atoms with Crippen LogP contribution in [0, 0.1) is 0 Å². The number of hydrogen-bond acceptors (Lipinski definition) is 8. The maximum atomic E-state index is 13.7. The first kappa shape index (κ1) is 36.5. The van der Waals surface area contributed by atoms with Gasteiger partial charge in [0.05, 0.1) is 39.8 Å². The maximum Gasteiger partial charge on any atom is 0.408 e. The summed E-state index contributed by atoms with van der Waals surface area (Å²) in [6.07, 6.45) is 2.58. The van der Waals surface area contributed by atoms with Gasteiger partial charge >= 0.3 is 6.09 Å². The van der Waals surface area contributed by atoms with Gasteiger partial charge in [-0.3, -0.25) is 9.59 Å².